The van der Waals surface area contributed by atoms with Crippen LogP contribution in [0.25, 0.3) is 0 Å². The Morgan fingerprint density at radius 2 is 2.00 bits per heavy atom. The molecular weight excluding hydrogens is 281 g/mol. The first kappa shape index (κ1) is 14.9. The molecule has 0 saturated carbocycles. The Labute approximate surface area is 119 Å². The number of aryl methyl sites for hydroxylation is 1. The quantitative estimate of drug-likeness (QED) is 0.863. The molecule has 3 nitrogen and oxygen atoms in total. The topological polar surface area (TPSA) is 45.9 Å². The lowest BCUT2D eigenvalue weighted by Crippen LogP contribution is -2.09. The van der Waals surface area contributed by atoms with E-state index in [1.54, 1.807) is 31.2 Å². The van der Waals surface area contributed by atoms with Crippen LogP contribution < -0.4 is 4.74 Å². The third-order valence-corrected chi connectivity index (χ3v) is 2.74. The summed E-state index contributed by atoms with van der Waals surface area (Å²) in [6.07, 6.45) is -4.58. The smallest absolute Gasteiger partial charge is 0.420 e. The molecule has 0 aliphatic rings. The second kappa shape index (κ2) is 5.83. The van der Waals surface area contributed by atoms with Gasteiger partial charge >= 0.3 is 6.18 Å². The molecule has 0 unspecified atom stereocenters. The van der Waals surface area contributed by atoms with Gasteiger partial charge in [0.1, 0.15) is 12.4 Å². The second-order valence-corrected chi connectivity index (χ2v) is 4.38. The van der Waals surface area contributed by atoms with Crippen molar-refractivity contribution >= 4 is 0 Å². The maximum absolute atomic E-state index is 12.9. The maximum Gasteiger partial charge on any atom is 0.420 e. The minimum Gasteiger partial charge on any atom is -0.487 e. The monoisotopic (exact) mass is 292 g/mol. The van der Waals surface area contributed by atoms with Crippen LogP contribution in [-0.4, -0.2) is 4.98 Å². The number of benzene rings is 1. The average Bonchev–Trinajstić information content (AvgIpc) is 2.44. The lowest BCUT2D eigenvalue weighted by Gasteiger charge is -2.14. The standard InChI is InChI=1S/C15H11F3N2O/c1-10-3-2-4-12(20-10)9-21-14-6-5-11(8-19)7-13(14)15(16,17)18/h2-7H,9H2,1H3. The number of ether oxygens (including phenoxy) is 1. The molecule has 6 heteroatoms. The van der Waals surface area contributed by atoms with Gasteiger partial charge in [0.05, 0.1) is 22.9 Å². The molecule has 0 spiro atoms. The van der Waals surface area contributed by atoms with Gasteiger partial charge in [-0.15, -0.1) is 0 Å². The number of hydrogen-bond acceptors (Lipinski definition) is 3. The Morgan fingerprint density at radius 3 is 2.62 bits per heavy atom. The zero-order valence-electron chi connectivity index (χ0n) is 11.1. The van der Waals surface area contributed by atoms with Crippen LogP contribution in [-0.2, 0) is 12.8 Å². The first-order chi connectivity index (χ1) is 9.90. The van der Waals surface area contributed by atoms with E-state index in [0.717, 1.165) is 17.8 Å². The molecule has 0 N–H and O–H groups in total. The average molecular weight is 292 g/mol. The first-order valence-corrected chi connectivity index (χ1v) is 6.07. The summed E-state index contributed by atoms with van der Waals surface area (Å²) in [5, 5.41) is 8.69. The third-order valence-electron chi connectivity index (χ3n) is 2.74. The zero-order valence-corrected chi connectivity index (χ0v) is 11.1. The summed E-state index contributed by atoms with van der Waals surface area (Å²) in [7, 11) is 0. The van der Waals surface area contributed by atoms with Gasteiger partial charge in [0, 0.05) is 5.69 Å². The van der Waals surface area contributed by atoms with Gasteiger partial charge in [-0.05, 0) is 37.3 Å². The van der Waals surface area contributed by atoms with E-state index in [-0.39, 0.29) is 17.9 Å². The van der Waals surface area contributed by atoms with Crippen molar-refractivity contribution in [2.24, 2.45) is 0 Å². The second-order valence-electron chi connectivity index (χ2n) is 4.38. The molecule has 1 aromatic heterocycles. The number of nitriles is 1. The Kier molecular flexibility index (Phi) is 4.13. The largest absolute Gasteiger partial charge is 0.487 e. The van der Waals surface area contributed by atoms with Crippen LogP contribution >= 0.6 is 0 Å². The summed E-state index contributed by atoms with van der Waals surface area (Å²) in [5.74, 6) is -0.315. The Hall–Kier alpha value is -2.55. The normalized spacial score (nSPS) is 11.0. The van der Waals surface area contributed by atoms with E-state index in [9.17, 15) is 13.2 Å². The van der Waals surface area contributed by atoms with Crippen molar-refractivity contribution in [2.45, 2.75) is 19.7 Å². The lowest BCUT2D eigenvalue weighted by molar-refractivity contribution is -0.139. The molecule has 108 valence electrons. The molecule has 0 aliphatic heterocycles. The maximum atomic E-state index is 12.9. The van der Waals surface area contributed by atoms with Gasteiger partial charge in [-0.25, -0.2) is 0 Å². The summed E-state index contributed by atoms with van der Waals surface area (Å²) in [4.78, 5) is 4.16. The number of rotatable bonds is 3. The number of aromatic nitrogens is 1. The van der Waals surface area contributed by atoms with E-state index in [1.807, 2.05) is 0 Å². The van der Waals surface area contributed by atoms with E-state index in [4.69, 9.17) is 10.00 Å². The van der Waals surface area contributed by atoms with Crippen molar-refractivity contribution in [3.63, 3.8) is 0 Å². The highest BCUT2D eigenvalue weighted by Crippen LogP contribution is 2.37. The molecule has 0 bridgehead atoms. The van der Waals surface area contributed by atoms with Gasteiger partial charge in [-0.3, -0.25) is 4.98 Å². The molecule has 0 amide bonds. The van der Waals surface area contributed by atoms with E-state index >= 15 is 0 Å². The predicted octanol–water partition coefficient (Wildman–Crippen LogP) is 3.86. The zero-order chi connectivity index (χ0) is 15.5. The Balaban J connectivity index is 2.26. The van der Waals surface area contributed by atoms with Crippen LogP contribution in [0.4, 0.5) is 13.2 Å². The fraction of sp³-hybridized carbons (Fsp3) is 0.200. The van der Waals surface area contributed by atoms with Gasteiger partial charge in [0.25, 0.3) is 0 Å². The number of pyridine rings is 1. The molecule has 0 radical (unpaired) electrons. The van der Waals surface area contributed by atoms with Crippen molar-refractivity contribution < 1.29 is 17.9 Å². The summed E-state index contributed by atoms with van der Waals surface area (Å²) < 4.78 is 44.1. The molecule has 21 heavy (non-hydrogen) atoms. The lowest BCUT2D eigenvalue weighted by atomic mass is 10.1. The molecule has 2 rings (SSSR count). The molecule has 1 aromatic carbocycles. The van der Waals surface area contributed by atoms with Gasteiger partial charge in [0.15, 0.2) is 0 Å². The number of halogens is 3. The number of alkyl halides is 3. The minimum absolute atomic E-state index is 0.0663. The van der Waals surface area contributed by atoms with Crippen molar-refractivity contribution in [3.8, 4) is 11.8 Å². The number of hydrogen-bond donors (Lipinski definition) is 0. The summed E-state index contributed by atoms with van der Waals surface area (Å²) in [6, 6.07) is 10.1. The predicted molar refractivity (Wildman–Crippen MR) is 69.5 cm³/mol. The molecule has 0 fully saturated rings. The Bertz CT molecular complexity index is 690. The van der Waals surface area contributed by atoms with Crippen LogP contribution in [0.2, 0.25) is 0 Å². The third kappa shape index (κ3) is 3.72. The molecule has 0 aliphatic carbocycles. The van der Waals surface area contributed by atoms with Crippen molar-refractivity contribution in [2.75, 3.05) is 0 Å². The van der Waals surface area contributed by atoms with Crippen LogP contribution in [0.3, 0.4) is 0 Å². The van der Waals surface area contributed by atoms with E-state index in [0.29, 0.717) is 5.69 Å². The van der Waals surface area contributed by atoms with E-state index in [2.05, 4.69) is 4.98 Å². The molecule has 0 atom stereocenters. The summed E-state index contributed by atoms with van der Waals surface area (Å²) in [6.45, 7) is 1.71. The Morgan fingerprint density at radius 1 is 1.24 bits per heavy atom. The fourth-order valence-electron chi connectivity index (χ4n) is 1.78. The van der Waals surface area contributed by atoms with E-state index < -0.39 is 11.7 Å². The van der Waals surface area contributed by atoms with Gasteiger partial charge in [0.2, 0.25) is 0 Å². The van der Waals surface area contributed by atoms with Gasteiger partial charge in [-0.2, -0.15) is 18.4 Å². The first-order valence-electron chi connectivity index (χ1n) is 6.07. The minimum atomic E-state index is -4.58. The van der Waals surface area contributed by atoms with Crippen LogP contribution in [0.5, 0.6) is 5.75 Å². The van der Waals surface area contributed by atoms with Crippen molar-refractivity contribution in [1.82, 2.24) is 4.98 Å². The number of nitrogens with zero attached hydrogens (tertiary/aromatic N) is 2. The molecule has 0 saturated heterocycles. The van der Waals surface area contributed by atoms with Gasteiger partial charge in [-0.1, -0.05) is 6.07 Å². The highest BCUT2D eigenvalue weighted by molar-refractivity contribution is 5.43. The molecular formula is C15H11F3N2O. The SMILES string of the molecule is Cc1cccc(COc2ccc(C#N)cc2C(F)(F)F)n1. The van der Waals surface area contributed by atoms with Gasteiger partial charge < -0.3 is 4.74 Å². The fourth-order valence-corrected chi connectivity index (χ4v) is 1.78. The van der Waals surface area contributed by atoms with Crippen LogP contribution in [0.1, 0.15) is 22.5 Å². The molecule has 2 aromatic rings. The highest BCUT2D eigenvalue weighted by atomic mass is 19.4. The van der Waals surface area contributed by atoms with E-state index in [1.165, 1.54) is 6.07 Å². The summed E-state index contributed by atoms with van der Waals surface area (Å²) in [5.41, 5.74) is 0.261. The van der Waals surface area contributed by atoms with Crippen LogP contribution in [0.15, 0.2) is 36.4 Å². The van der Waals surface area contributed by atoms with Crippen LogP contribution in [0, 0.1) is 18.3 Å². The highest BCUT2D eigenvalue weighted by Gasteiger charge is 2.34. The summed E-state index contributed by atoms with van der Waals surface area (Å²) >= 11 is 0. The molecule has 1 heterocycles. The van der Waals surface area contributed by atoms with Crippen molar-refractivity contribution in [3.05, 3.63) is 58.9 Å². The van der Waals surface area contributed by atoms with Crippen molar-refractivity contribution in [1.29, 1.82) is 5.26 Å².